The molecule has 2 atom stereocenters. The predicted octanol–water partition coefficient (Wildman–Crippen LogP) is 4.35. The Morgan fingerprint density at radius 1 is 1.12 bits per heavy atom. The summed E-state index contributed by atoms with van der Waals surface area (Å²) in [5.41, 5.74) is 8.36. The molecular formula is C30H36Cl2N6O3. The largest absolute Gasteiger partial charge is 0.437 e. The first-order valence-corrected chi connectivity index (χ1v) is 14.7. The average molecular weight is 600 g/mol. The summed E-state index contributed by atoms with van der Waals surface area (Å²) in [4.78, 5) is 25.1. The number of benzene rings is 1. The van der Waals surface area contributed by atoms with Crippen LogP contribution >= 0.6 is 23.2 Å². The number of amides is 1. The van der Waals surface area contributed by atoms with Crippen LogP contribution in [0.2, 0.25) is 10.0 Å². The molecular weight excluding hydrogens is 563 g/mol. The van der Waals surface area contributed by atoms with Crippen molar-refractivity contribution < 1.29 is 14.6 Å². The Morgan fingerprint density at radius 2 is 1.88 bits per heavy atom. The Balaban J connectivity index is 1.33. The molecule has 0 spiro atoms. The molecule has 4 N–H and O–H groups in total. The second-order valence-electron chi connectivity index (χ2n) is 10.9. The van der Waals surface area contributed by atoms with Gasteiger partial charge in [-0.1, -0.05) is 23.2 Å². The number of piperidine rings is 1. The molecule has 1 aromatic carbocycles. The van der Waals surface area contributed by atoms with Crippen LogP contribution in [-0.4, -0.2) is 71.3 Å². The van der Waals surface area contributed by atoms with Gasteiger partial charge in [-0.3, -0.25) is 9.69 Å². The molecule has 4 heterocycles. The minimum atomic E-state index is -0.453. The lowest BCUT2D eigenvalue weighted by Crippen LogP contribution is -2.37. The lowest BCUT2D eigenvalue weighted by Gasteiger charge is -2.32. The third-order valence-electron chi connectivity index (χ3n) is 7.75. The van der Waals surface area contributed by atoms with E-state index < -0.39 is 6.10 Å². The zero-order chi connectivity index (χ0) is 28.9. The molecule has 2 fully saturated rings. The number of aromatic nitrogens is 2. The van der Waals surface area contributed by atoms with E-state index in [-0.39, 0.29) is 11.8 Å². The molecule has 11 heteroatoms. The minimum absolute atomic E-state index is 0.0188. The number of rotatable bonds is 9. The summed E-state index contributed by atoms with van der Waals surface area (Å²) < 4.78 is 6.20. The molecule has 218 valence electrons. The number of pyridine rings is 2. The van der Waals surface area contributed by atoms with Gasteiger partial charge in [0.25, 0.3) is 0 Å². The summed E-state index contributed by atoms with van der Waals surface area (Å²) >= 11 is 12.6. The molecule has 2 aromatic heterocycles. The normalized spacial score (nSPS) is 19.9. The highest BCUT2D eigenvalue weighted by molar-refractivity contribution is 6.35. The Kier molecular flexibility index (Phi) is 9.62. The van der Waals surface area contributed by atoms with Crippen LogP contribution in [0.1, 0.15) is 25.3 Å². The van der Waals surface area contributed by atoms with Crippen molar-refractivity contribution in [3.8, 4) is 22.9 Å². The fourth-order valence-electron chi connectivity index (χ4n) is 5.46. The minimum Gasteiger partial charge on any atom is -0.437 e. The second kappa shape index (κ2) is 13.4. The van der Waals surface area contributed by atoms with Crippen molar-refractivity contribution in [2.24, 2.45) is 17.6 Å². The van der Waals surface area contributed by atoms with Gasteiger partial charge < -0.3 is 25.8 Å². The number of halogens is 2. The number of nitrogens with one attached hydrogen (secondary N) is 1. The van der Waals surface area contributed by atoms with Crippen LogP contribution in [0.25, 0.3) is 11.3 Å². The number of nitrogens with zero attached hydrogens (tertiary/aromatic N) is 4. The highest BCUT2D eigenvalue weighted by Gasteiger charge is 2.31. The monoisotopic (exact) mass is 598 g/mol. The van der Waals surface area contributed by atoms with Crippen molar-refractivity contribution in [2.75, 3.05) is 44.2 Å². The molecule has 2 saturated heterocycles. The number of carbonyl (C=O) groups excluding carboxylic acids is 1. The molecule has 41 heavy (non-hydrogen) atoms. The second-order valence-corrected chi connectivity index (χ2v) is 11.8. The first kappa shape index (κ1) is 29.5. The summed E-state index contributed by atoms with van der Waals surface area (Å²) in [6.45, 7) is 6.54. The molecule has 2 aliphatic heterocycles. The maximum atomic E-state index is 11.3. The maximum absolute atomic E-state index is 11.3. The van der Waals surface area contributed by atoms with E-state index in [0.29, 0.717) is 52.9 Å². The zero-order valence-corrected chi connectivity index (χ0v) is 24.6. The third-order valence-corrected chi connectivity index (χ3v) is 8.19. The lowest BCUT2D eigenvalue weighted by molar-refractivity contribution is -0.119. The van der Waals surface area contributed by atoms with Gasteiger partial charge in [0.1, 0.15) is 11.6 Å². The van der Waals surface area contributed by atoms with Gasteiger partial charge in [-0.05, 0) is 80.4 Å². The van der Waals surface area contributed by atoms with Crippen molar-refractivity contribution in [3.05, 3.63) is 64.3 Å². The predicted molar refractivity (Wildman–Crippen MR) is 161 cm³/mol. The molecule has 0 bridgehead atoms. The van der Waals surface area contributed by atoms with Gasteiger partial charge in [0.15, 0.2) is 0 Å². The first-order chi connectivity index (χ1) is 19.7. The average Bonchev–Trinajstić information content (AvgIpc) is 3.33. The Morgan fingerprint density at radius 3 is 2.51 bits per heavy atom. The standard InChI is InChI=1S/C30H36Cl2N6O3/c1-19(39)34-14-20-4-6-37(7-5-20)16-21-8-27(22-10-24(31)12-25(32)11-22)36-30(9-21)41-26-2-3-29(35-15-26)38-17-23(13-33)28(40)18-38/h2-3,8-12,15,20,23,28,40H,4-7,13-14,16-18,33H2,1H3,(H,34,39). The fourth-order valence-corrected chi connectivity index (χ4v) is 5.99. The number of anilines is 1. The van der Waals surface area contributed by atoms with Crippen LogP contribution in [0, 0.1) is 11.8 Å². The van der Waals surface area contributed by atoms with Gasteiger partial charge in [0, 0.05) is 60.7 Å². The van der Waals surface area contributed by atoms with Crippen LogP contribution < -0.4 is 20.7 Å². The number of hydrogen-bond acceptors (Lipinski definition) is 8. The fraction of sp³-hybridized carbons (Fsp3) is 0.433. The number of aliphatic hydroxyl groups excluding tert-OH is 1. The van der Waals surface area contributed by atoms with Crippen molar-refractivity contribution in [2.45, 2.75) is 32.4 Å². The summed E-state index contributed by atoms with van der Waals surface area (Å²) in [7, 11) is 0. The number of hydrogen-bond donors (Lipinski definition) is 3. The molecule has 0 radical (unpaired) electrons. The smallest absolute Gasteiger partial charge is 0.220 e. The SMILES string of the molecule is CC(=O)NCC1CCN(Cc2cc(Oc3ccc(N4CC(O)C(CN)C4)nc3)nc(-c3cc(Cl)cc(Cl)c3)c2)CC1. The van der Waals surface area contributed by atoms with E-state index in [9.17, 15) is 9.90 Å². The Bertz CT molecular complexity index is 1330. The Hall–Kier alpha value is -2.95. The van der Waals surface area contributed by atoms with Crippen molar-refractivity contribution in [1.29, 1.82) is 0 Å². The first-order valence-electron chi connectivity index (χ1n) is 14.0. The molecule has 1 amide bonds. The van der Waals surface area contributed by atoms with Gasteiger partial charge in [-0.2, -0.15) is 0 Å². The molecule has 9 nitrogen and oxygen atoms in total. The Labute approximate surface area is 250 Å². The summed E-state index contributed by atoms with van der Waals surface area (Å²) in [6, 6.07) is 13.1. The van der Waals surface area contributed by atoms with E-state index >= 15 is 0 Å². The molecule has 2 aliphatic rings. The van der Waals surface area contributed by atoms with E-state index in [0.717, 1.165) is 56.0 Å². The quantitative estimate of drug-likeness (QED) is 0.333. The summed E-state index contributed by atoms with van der Waals surface area (Å²) in [5, 5.41) is 14.2. The third kappa shape index (κ3) is 7.87. The molecule has 0 aliphatic carbocycles. The highest BCUT2D eigenvalue weighted by Crippen LogP contribution is 2.31. The summed E-state index contributed by atoms with van der Waals surface area (Å²) in [5.74, 6) is 2.33. The number of aliphatic hydroxyl groups is 1. The van der Waals surface area contributed by atoms with E-state index in [1.165, 1.54) is 0 Å². The molecule has 0 saturated carbocycles. The van der Waals surface area contributed by atoms with Crippen LogP contribution in [0.5, 0.6) is 11.6 Å². The highest BCUT2D eigenvalue weighted by atomic mass is 35.5. The molecule has 3 aromatic rings. The lowest BCUT2D eigenvalue weighted by atomic mass is 9.96. The maximum Gasteiger partial charge on any atom is 0.220 e. The number of ether oxygens (including phenoxy) is 1. The van der Waals surface area contributed by atoms with E-state index in [1.807, 2.05) is 41.3 Å². The van der Waals surface area contributed by atoms with Crippen molar-refractivity contribution >= 4 is 34.9 Å². The van der Waals surface area contributed by atoms with Gasteiger partial charge in [0.2, 0.25) is 11.8 Å². The van der Waals surface area contributed by atoms with Gasteiger partial charge in [-0.15, -0.1) is 0 Å². The van der Waals surface area contributed by atoms with E-state index in [1.54, 1.807) is 19.2 Å². The number of β-amino-alcohol motifs (C(OH)–C–C–N with tert-alkyl or cyclic N) is 1. The zero-order valence-electron chi connectivity index (χ0n) is 23.1. The number of nitrogens with two attached hydrogens (primary N) is 1. The number of carbonyl (C=O) groups is 1. The summed E-state index contributed by atoms with van der Waals surface area (Å²) in [6.07, 6.45) is 3.28. The van der Waals surface area contributed by atoms with Crippen LogP contribution in [0.15, 0.2) is 48.7 Å². The van der Waals surface area contributed by atoms with E-state index in [2.05, 4.69) is 15.2 Å². The van der Waals surface area contributed by atoms with E-state index in [4.69, 9.17) is 38.7 Å². The van der Waals surface area contributed by atoms with Crippen LogP contribution in [0.3, 0.4) is 0 Å². The van der Waals surface area contributed by atoms with Gasteiger partial charge >= 0.3 is 0 Å². The van der Waals surface area contributed by atoms with Crippen LogP contribution in [0.4, 0.5) is 5.82 Å². The van der Waals surface area contributed by atoms with Gasteiger partial charge in [-0.25, -0.2) is 9.97 Å². The molecule has 2 unspecified atom stereocenters. The van der Waals surface area contributed by atoms with Crippen molar-refractivity contribution in [3.63, 3.8) is 0 Å². The molecule has 5 rings (SSSR count). The van der Waals surface area contributed by atoms with Crippen molar-refractivity contribution in [1.82, 2.24) is 20.2 Å². The topological polar surface area (TPSA) is 117 Å². The number of likely N-dealkylation sites (tertiary alicyclic amines) is 1. The van der Waals surface area contributed by atoms with Gasteiger partial charge in [0.05, 0.1) is 18.0 Å². The van der Waals surface area contributed by atoms with Crippen LogP contribution in [-0.2, 0) is 11.3 Å².